The summed E-state index contributed by atoms with van der Waals surface area (Å²) in [4.78, 5) is 41.9. The molecule has 0 aliphatic carbocycles. The molecular weight excluding hydrogens is 435 g/mol. The van der Waals surface area contributed by atoms with Crippen LogP contribution in [0.2, 0.25) is 0 Å². The van der Waals surface area contributed by atoms with Crippen molar-refractivity contribution in [2.24, 2.45) is 0 Å². The molecule has 1 aliphatic rings. The van der Waals surface area contributed by atoms with Gasteiger partial charge < -0.3 is 36.6 Å². The molecule has 170 valence electrons. The Kier molecular flexibility index (Phi) is 5.70. The molecule has 8 N–H and O–H groups in total. The van der Waals surface area contributed by atoms with Crippen LogP contribution in [0.5, 0.6) is 5.75 Å². The standard InChI is InChI=1S/C18H19BN8O6/c20-15-11(16(29)24-18(21)23-15)5-9-6-27(26-25-9)7-13(28)22-12-4-8-2-1-3-10(17(30)31)14(8)33-19(12)32/h1-3,6,12,32H,4-5,7H2,(H,22,28)(H,30,31)(H5,20,21,23,24,29). The number of carbonyl (C=O) groups is 2. The molecule has 1 unspecified atom stereocenters. The number of hydrogen-bond donors (Lipinski definition) is 6. The van der Waals surface area contributed by atoms with Crippen molar-refractivity contribution in [1.82, 2.24) is 30.3 Å². The third-order valence-corrected chi connectivity index (χ3v) is 5.01. The second-order valence-corrected chi connectivity index (χ2v) is 7.39. The molecule has 1 aromatic carbocycles. The summed E-state index contributed by atoms with van der Waals surface area (Å²) in [6.45, 7) is -0.218. The van der Waals surface area contributed by atoms with Gasteiger partial charge in [-0.25, -0.2) is 9.48 Å². The third kappa shape index (κ3) is 4.62. The summed E-state index contributed by atoms with van der Waals surface area (Å²) in [6, 6.07) is 4.60. The highest BCUT2D eigenvalue weighted by Gasteiger charge is 2.37. The number of carboxylic acids is 1. The first-order valence-electron chi connectivity index (χ1n) is 9.73. The highest BCUT2D eigenvalue weighted by atomic mass is 16.5. The van der Waals surface area contributed by atoms with Crippen molar-refractivity contribution in [3.63, 3.8) is 0 Å². The Balaban J connectivity index is 1.40. The quantitative estimate of drug-likeness (QED) is 0.222. The van der Waals surface area contributed by atoms with Gasteiger partial charge in [-0.15, -0.1) is 5.10 Å². The molecule has 1 amide bonds. The average molecular weight is 454 g/mol. The second-order valence-electron chi connectivity index (χ2n) is 7.39. The maximum Gasteiger partial charge on any atom is 0.547 e. The number of H-pyrrole nitrogens is 1. The molecule has 15 heteroatoms. The van der Waals surface area contributed by atoms with Crippen molar-refractivity contribution >= 4 is 30.8 Å². The fraction of sp³-hybridized carbons (Fsp3) is 0.222. The number of nitrogens with zero attached hydrogens (tertiary/aromatic N) is 4. The van der Waals surface area contributed by atoms with Crippen molar-refractivity contribution in [3.05, 3.63) is 57.1 Å². The minimum Gasteiger partial charge on any atom is -0.534 e. The predicted molar refractivity (Wildman–Crippen MR) is 114 cm³/mol. The van der Waals surface area contributed by atoms with E-state index in [9.17, 15) is 24.5 Å². The lowest BCUT2D eigenvalue weighted by molar-refractivity contribution is -0.122. The molecule has 3 aromatic rings. The fourth-order valence-corrected chi connectivity index (χ4v) is 3.50. The normalized spacial score (nSPS) is 14.9. The van der Waals surface area contributed by atoms with Crippen LogP contribution < -0.4 is 27.0 Å². The molecule has 2 aromatic heterocycles. The molecule has 3 heterocycles. The highest BCUT2D eigenvalue weighted by Crippen LogP contribution is 2.30. The zero-order valence-corrected chi connectivity index (χ0v) is 17.1. The van der Waals surface area contributed by atoms with Crippen LogP contribution in [0, 0.1) is 0 Å². The van der Waals surface area contributed by atoms with E-state index in [4.69, 9.17) is 16.1 Å². The summed E-state index contributed by atoms with van der Waals surface area (Å²) in [6.07, 6.45) is 1.68. The molecule has 0 spiro atoms. The minimum atomic E-state index is -1.43. The fourth-order valence-electron chi connectivity index (χ4n) is 3.50. The number of hydrogen-bond acceptors (Lipinski definition) is 10. The molecule has 1 atom stereocenters. The van der Waals surface area contributed by atoms with Gasteiger partial charge in [0.1, 0.15) is 18.1 Å². The minimum absolute atomic E-state index is 0.0357. The maximum absolute atomic E-state index is 12.5. The van der Waals surface area contributed by atoms with Gasteiger partial charge >= 0.3 is 13.1 Å². The molecule has 33 heavy (non-hydrogen) atoms. The van der Waals surface area contributed by atoms with Crippen molar-refractivity contribution in [2.75, 3.05) is 11.5 Å². The van der Waals surface area contributed by atoms with Gasteiger partial charge in [-0.05, 0) is 18.1 Å². The third-order valence-electron chi connectivity index (χ3n) is 5.01. The number of carboxylic acid groups (broad SMARTS) is 1. The van der Waals surface area contributed by atoms with Crippen LogP contribution in [-0.2, 0) is 24.2 Å². The molecule has 14 nitrogen and oxygen atoms in total. The first kappa shape index (κ1) is 21.8. The van der Waals surface area contributed by atoms with Gasteiger partial charge in [-0.3, -0.25) is 9.59 Å². The second kappa shape index (κ2) is 8.62. The summed E-state index contributed by atoms with van der Waals surface area (Å²) in [7, 11) is -1.43. The monoisotopic (exact) mass is 454 g/mol. The van der Waals surface area contributed by atoms with Crippen molar-refractivity contribution in [3.8, 4) is 5.75 Å². The van der Waals surface area contributed by atoms with E-state index in [1.54, 1.807) is 12.1 Å². The highest BCUT2D eigenvalue weighted by molar-refractivity contribution is 6.47. The first-order chi connectivity index (χ1) is 15.7. The van der Waals surface area contributed by atoms with Gasteiger partial charge in [0, 0.05) is 12.6 Å². The van der Waals surface area contributed by atoms with Gasteiger partial charge in [-0.1, -0.05) is 17.3 Å². The Labute approximate surface area is 185 Å². The number of aromatic amines is 1. The molecule has 0 radical (unpaired) electrons. The van der Waals surface area contributed by atoms with Crippen LogP contribution in [0.4, 0.5) is 11.8 Å². The number of nitrogens with two attached hydrogens (primary N) is 2. The van der Waals surface area contributed by atoms with Crippen molar-refractivity contribution in [1.29, 1.82) is 0 Å². The Bertz CT molecular complexity index is 1290. The number of benzene rings is 1. The van der Waals surface area contributed by atoms with E-state index in [1.807, 2.05) is 0 Å². The Morgan fingerprint density at radius 2 is 2.15 bits per heavy atom. The van der Waals surface area contributed by atoms with Crippen LogP contribution in [0.25, 0.3) is 0 Å². The largest absolute Gasteiger partial charge is 0.547 e. The number of carbonyl (C=O) groups excluding carboxylic acids is 1. The van der Waals surface area contributed by atoms with E-state index in [-0.39, 0.29) is 48.0 Å². The Morgan fingerprint density at radius 3 is 2.88 bits per heavy atom. The van der Waals surface area contributed by atoms with Gasteiger partial charge in [0.2, 0.25) is 11.9 Å². The topological polar surface area (TPSA) is 224 Å². The zero-order chi connectivity index (χ0) is 23.7. The average Bonchev–Trinajstić information content (AvgIpc) is 3.17. The van der Waals surface area contributed by atoms with Gasteiger partial charge in [0.05, 0.1) is 22.8 Å². The Morgan fingerprint density at radius 1 is 1.36 bits per heavy atom. The lowest BCUT2D eigenvalue weighted by Crippen LogP contribution is -2.53. The lowest BCUT2D eigenvalue weighted by atomic mass is 9.72. The number of fused-ring (bicyclic) bond motifs is 1. The van der Waals surface area contributed by atoms with E-state index in [0.717, 1.165) is 0 Å². The first-order valence-corrected chi connectivity index (χ1v) is 9.73. The molecular formula is C18H19BN8O6. The van der Waals surface area contributed by atoms with E-state index in [1.165, 1.54) is 16.9 Å². The van der Waals surface area contributed by atoms with Crippen LogP contribution in [0.15, 0.2) is 29.2 Å². The number of para-hydroxylation sites is 1. The van der Waals surface area contributed by atoms with Gasteiger partial charge in [-0.2, -0.15) is 4.98 Å². The lowest BCUT2D eigenvalue weighted by Gasteiger charge is -2.28. The van der Waals surface area contributed by atoms with Crippen LogP contribution in [0.1, 0.15) is 27.2 Å². The summed E-state index contributed by atoms with van der Waals surface area (Å²) in [5.74, 6) is -2.41. The number of nitrogen functional groups attached to an aromatic ring is 2. The molecule has 0 bridgehead atoms. The number of anilines is 2. The van der Waals surface area contributed by atoms with Crippen LogP contribution in [0.3, 0.4) is 0 Å². The summed E-state index contributed by atoms with van der Waals surface area (Å²) < 4.78 is 6.61. The van der Waals surface area contributed by atoms with Crippen molar-refractivity contribution in [2.45, 2.75) is 25.3 Å². The maximum atomic E-state index is 12.5. The molecule has 0 saturated heterocycles. The number of amides is 1. The van der Waals surface area contributed by atoms with Gasteiger partial charge in [0.15, 0.2) is 0 Å². The zero-order valence-electron chi connectivity index (χ0n) is 17.1. The molecule has 0 fully saturated rings. The van der Waals surface area contributed by atoms with Crippen molar-refractivity contribution < 1.29 is 24.4 Å². The van der Waals surface area contributed by atoms with E-state index in [2.05, 4.69) is 25.6 Å². The number of aromatic carboxylic acids is 1. The molecule has 0 saturated carbocycles. The molecule has 1 aliphatic heterocycles. The molecule has 4 rings (SSSR count). The summed E-state index contributed by atoms with van der Waals surface area (Å²) in [5, 5.41) is 29.9. The van der Waals surface area contributed by atoms with E-state index in [0.29, 0.717) is 11.3 Å². The number of nitrogens with one attached hydrogen (secondary N) is 2. The van der Waals surface area contributed by atoms with Gasteiger partial charge in [0.25, 0.3) is 5.56 Å². The Hall–Kier alpha value is -4.40. The number of rotatable bonds is 6. The smallest absolute Gasteiger partial charge is 0.534 e. The summed E-state index contributed by atoms with van der Waals surface area (Å²) in [5.41, 5.74) is 11.6. The van der Waals surface area contributed by atoms with Crippen LogP contribution >= 0.6 is 0 Å². The SMILES string of the molecule is Nc1nc(=O)c(Cc2cn(CC(=O)NC3Cc4cccc(C(=O)O)c4OB3O)nn2)c(N)[nH]1. The van der Waals surface area contributed by atoms with Crippen LogP contribution in [-0.4, -0.2) is 60.0 Å². The predicted octanol–water partition coefficient (Wildman–Crippen LogP) is -2.05. The van der Waals surface area contributed by atoms with E-state index < -0.39 is 30.5 Å². The number of aromatic nitrogens is 5. The summed E-state index contributed by atoms with van der Waals surface area (Å²) >= 11 is 0. The van der Waals surface area contributed by atoms with E-state index >= 15 is 0 Å².